The number of amides is 4. The Balaban J connectivity index is 1.75. The lowest BCUT2D eigenvalue weighted by atomic mass is 9.80. The van der Waals surface area contributed by atoms with E-state index in [1.54, 1.807) is 24.3 Å². The van der Waals surface area contributed by atoms with Crippen LogP contribution < -0.4 is 19.9 Å². The Morgan fingerprint density at radius 2 is 1.94 bits per heavy atom. The molecule has 2 heterocycles. The molecule has 8 heteroatoms. The molecule has 1 fully saturated rings. The van der Waals surface area contributed by atoms with Crippen molar-refractivity contribution in [1.29, 1.82) is 0 Å². The van der Waals surface area contributed by atoms with Crippen LogP contribution in [0.2, 0.25) is 5.02 Å². The number of barbiturate groups is 1. The second-order valence-electron chi connectivity index (χ2n) is 9.30. The number of carbonyl (C=O) groups excluding carboxylic acids is 3. The van der Waals surface area contributed by atoms with E-state index in [0.717, 1.165) is 22.6 Å². The van der Waals surface area contributed by atoms with E-state index in [1.165, 1.54) is 6.08 Å². The Morgan fingerprint density at radius 3 is 2.65 bits per heavy atom. The molecule has 2 aromatic carbocycles. The molecule has 34 heavy (non-hydrogen) atoms. The fourth-order valence-corrected chi connectivity index (χ4v) is 4.85. The zero-order valence-electron chi connectivity index (χ0n) is 19.9. The summed E-state index contributed by atoms with van der Waals surface area (Å²) in [5.41, 5.74) is 2.79. The second kappa shape index (κ2) is 8.80. The highest BCUT2D eigenvalue weighted by atomic mass is 35.5. The van der Waals surface area contributed by atoms with E-state index in [9.17, 15) is 14.4 Å². The van der Waals surface area contributed by atoms with Crippen molar-refractivity contribution in [3.63, 3.8) is 0 Å². The van der Waals surface area contributed by atoms with Crippen LogP contribution in [0.25, 0.3) is 6.08 Å². The third-order valence-corrected chi connectivity index (χ3v) is 6.87. The summed E-state index contributed by atoms with van der Waals surface area (Å²) in [6.45, 7) is 8.81. The van der Waals surface area contributed by atoms with Crippen molar-refractivity contribution >= 4 is 46.9 Å². The van der Waals surface area contributed by atoms with E-state index in [4.69, 9.17) is 16.3 Å². The van der Waals surface area contributed by atoms with Crippen LogP contribution in [0.3, 0.4) is 0 Å². The van der Waals surface area contributed by atoms with Crippen molar-refractivity contribution in [3.8, 4) is 5.75 Å². The lowest BCUT2D eigenvalue weighted by Gasteiger charge is -2.45. The summed E-state index contributed by atoms with van der Waals surface area (Å²) < 4.78 is 5.48. The molecule has 2 aliphatic rings. The van der Waals surface area contributed by atoms with Crippen LogP contribution in [0.15, 0.2) is 42.0 Å². The summed E-state index contributed by atoms with van der Waals surface area (Å²) in [5, 5.41) is 2.68. The molecule has 0 radical (unpaired) electrons. The Morgan fingerprint density at radius 1 is 1.21 bits per heavy atom. The molecule has 2 aliphatic heterocycles. The molecule has 4 rings (SSSR count). The zero-order valence-corrected chi connectivity index (χ0v) is 20.7. The van der Waals surface area contributed by atoms with Gasteiger partial charge >= 0.3 is 6.03 Å². The van der Waals surface area contributed by atoms with Gasteiger partial charge in [0.2, 0.25) is 0 Å². The number of nitrogens with zero attached hydrogens (tertiary/aromatic N) is 2. The van der Waals surface area contributed by atoms with Crippen molar-refractivity contribution in [2.45, 2.75) is 45.6 Å². The molecule has 0 aliphatic carbocycles. The van der Waals surface area contributed by atoms with E-state index < -0.39 is 17.8 Å². The van der Waals surface area contributed by atoms with Crippen molar-refractivity contribution in [2.24, 2.45) is 0 Å². The van der Waals surface area contributed by atoms with Crippen molar-refractivity contribution in [2.75, 3.05) is 23.5 Å². The van der Waals surface area contributed by atoms with Crippen molar-refractivity contribution in [3.05, 3.63) is 58.1 Å². The molecular formula is C26H28ClN3O4. The van der Waals surface area contributed by atoms with Crippen molar-refractivity contribution < 1.29 is 19.1 Å². The third kappa shape index (κ3) is 4.16. The molecule has 178 valence electrons. The van der Waals surface area contributed by atoms with Gasteiger partial charge in [-0.05, 0) is 74.6 Å². The van der Waals surface area contributed by atoms with E-state index in [0.29, 0.717) is 28.6 Å². The number of halogens is 1. The first-order valence-electron chi connectivity index (χ1n) is 11.2. The first-order chi connectivity index (χ1) is 16.0. The number of ether oxygens (including phenoxy) is 1. The first-order valence-corrected chi connectivity index (χ1v) is 11.6. The number of carbonyl (C=O) groups is 3. The number of fused-ring (bicyclic) bond motifs is 1. The standard InChI is InChI=1S/C26H28ClN3O4/c1-6-34-18-9-7-8-17(12-18)30-24(32)20(23(31)28-25(30)33)11-16-10-19-15(2)14-26(3,4)29(5)22(19)13-21(16)27/h7-13,15H,6,14H2,1-5H3,(H,28,31,33)/b20-11+/t15-/m1/s1. The van der Waals surface area contributed by atoms with E-state index in [2.05, 4.69) is 31.0 Å². The molecule has 4 amide bonds. The van der Waals surface area contributed by atoms with Gasteiger partial charge in [-0.15, -0.1) is 0 Å². The van der Waals surface area contributed by atoms with Crippen LogP contribution in [0.1, 0.15) is 51.2 Å². The summed E-state index contributed by atoms with van der Waals surface area (Å²) >= 11 is 6.61. The highest BCUT2D eigenvalue weighted by Gasteiger charge is 2.38. The van der Waals surface area contributed by atoms with Crippen LogP contribution in [0.5, 0.6) is 5.75 Å². The summed E-state index contributed by atoms with van der Waals surface area (Å²) in [6.07, 6.45) is 2.41. The van der Waals surface area contributed by atoms with Crippen LogP contribution in [-0.4, -0.2) is 37.0 Å². The SMILES string of the molecule is CCOc1cccc(N2C(=O)NC(=O)/C(=C\c3cc4c(cc3Cl)N(C)C(C)(C)C[C@H]4C)C2=O)c1. The van der Waals surface area contributed by atoms with Crippen LogP contribution >= 0.6 is 11.6 Å². The summed E-state index contributed by atoms with van der Waals surface area (Å²) in [6, 6.07) is 9.60. The molecule has 0 saturated carbocycles. The Hall–Kier alpha value is -3.32. The third-order valence-electron chi connectivity index (χ3n) is 6.54. The average molecular weight is 482 g/mol. The van der Waals surface area contributed by atoms with Gasteiger partial charge in [-0.25, -0.2) is 9.69 Å². The molecule has 1 N–H and O–H groups in total. The predicted octanol–water partition coefficient (Wildman–Crippen LogP) is 5.13. The average Bonchev–Trinajstić information content (AvgIpc) is 2.76. The molecule has 0 bridgehead atoms. The largest absolute Gasteiger partial charge is 0.494 e. The molecular weight excluding hydrogens is 454 g/mol. The number of hydrogen-bond acceptors (Lipinski definition) is 5. The molecule has 0 unspecified atom stereocenters. The lowest BCUT2D eigenvalue weighted by molar-refractivity contribution is -0.122. The fraction of sp³-hybridized carbons (Fsp3) is 0.346. The molecule has 1 atom stereocenters. The monoisotopic (exact) mass is 481 g/mol. The first kappa shape index (κ1) is 23.8. The normalized spacial score (nSPS) is 20.9. The Kier molecular flexibility index (Phi) is 6.16. The van der Waals surface area contributed by atoms with Gasteiger partial charge in [-0.3, -0.25) is 14.9 Å². The topological polar surface area (TPSA) is 79.0 Å². The molecule has 0 spiro atoms. The van der Waals surface area contributed by atoms with Gasteiger partial charge in [0.05, 0.1) is 12.3 Å². The summed E-state index contributed by atoms with van der Waals surface area (Å²) in [4.78, 5) is 41.6. The van der Waals surface area contributed by atoms with Gasteiger partial charge in [0, 0.05) is 29.4 Å². The highest BCUT2D eigenvalue weighted by Crippen LogP contribution is 2.44. The second-order valence-corrected chi connectivity index (χ2v) is 9.70. The van der Waals surface area contributed by atoms with Gasteiger partial charge in [-0.1, -0.05) is 24.6 Å². The Labute approximate surface area is 204 Å². The lowest BCUT2D eigenvalue weighted by Crippen LogP contribution is -2.54. The van der Waals surface area contributed by atoms with Gasteiger partial charge in [0.1, 0.15) is 11.3 Å². The summed E-state index contributed by atoms with van der Waals surface area (Å²) in [7, 11) is 2.04. The maximum atomic E-state index is 13.3. The van der Waals surface area contributed by atoms with E-state index in [-0.39, 0.29) is 17.0 Å². The maximum Gasteiger partial charge on any atom is 0.335 e. The molecule has 2 aromatic rings. The van der Waals surface area contributed by atoms with Gasteiger partial charge in [-0.2, -0.15) is 0 Å². The van der Waals surface area contributed by atoms with Crippen molar-refractivity contribution in [1.82, 2.24) is 5.32 Å². The number of imide groups is 2. The zero-order chi connectivity index (χ0) is 24.8. The van der Waals surface area contributed by atoms with Crippen LogP contribution in [0, 0.1) is 0 Å². The quantitative estimate of drug-likeness (QED) is 0.484. The molecule has 1 saturated heterocycles. The fourth-order valence-electron chi connectivity index (χ4n) is 4.64. The minimum atomic E-state index is -0.810. The number of urea groups is 1. The smallest absolute Gasteiger partial charge is 0.335 e. The predicted molar refractivity (Wildman–Crippen MR) is 134 cm³/mol. The number of hydrogen-bond donors (Lipinski definition) is 1. The van der Waals surface area contributed by atoms with E-state index in [1.807, 2.05) is 26.1 Å². The molecule has 7 nitrogen and oxygen atoms in total. The minimum Gasteiger partial charge on any atom is -0.494 e. The van der Waals surface area contributed by atoms with Gasteiger partial charge in [0.25, 0.3) is 11.8 Å². The summed E-state index contributed by atoms with van der Waals surface area (Å²) in [5.74, 6) is -0.692. The van der Waals surface area contributed by atoms with Gasteiger partial charge < -0.3 is 9.64 Å². The maximum absolute atomic E-state index is 13.3. The number of nitrogens with one attached hydrogen (secondary N) is 1. The Bertz CT molecular complexity index is 1220. The highest BCUT2D eigenvalue weighted by molar-refractivity contribution is 6.40. The van der Waals surface area contributed by atoms with E-state index >= 15 is 0 Å². The molecule has 0 aromatic heterocycles. The number of rotatable bonds is 4. The van der Waals surface area contributed by atoms with Crippen LogP contribution in [0.4, 0.5) is 16.2 Å². The number of anilines is 2. The van der Waals surface area contributed by atoms with Gasteiger partial charge in [0.15, 0.2) is 0 Å². The number of benzene rings is 2. The van der Waals surface area contributed by atoms with Crippen LogP contribution in [-0.2, 0) is 9.59 Å². The minimum absolute atomic E-state index is 0.0220.